The Kier molecular flexibility index (Phi) is 3.71. The van der Waals surface area contributed by atoms with Gasteiger partial charge in [-0.2, -0.15) is 5.26 Å². The molecule has 3 heteroatoms. The number of H-pyrrole nitrogens is 1. The number of aromatic amines is 1. The zero-order chi connectivity index (χ0) is 14.0. The zero-order valence-electron chi connectivity index (χ0n) is 11.9. The van der Waals surface area contributed by atoms with Gasteiger partial charge in [-0.3, -0.25) is 0 Å². The van der Waals surface area contributed by atoms with Crippen molar-refractivity contribution in [2.75, 3.05) is 0 Å². The van der Waals surface area contributed by atoms with E-state index in [1.807, 2.05) is 13.1 Å². The average Bonchev–Trinajstić information content (AvgIpc) is 2.85. The van der Waals surface area contributed by atoms with Crippen LogP contribution in [0.1, 0.15) is 41.8 Å². The molecule has 19 heavy (non-hydrogen) atoms. The van der Waals surface area contributed by atoms with Crippen molar-refractivity contribution in [2.45, 2.75) is 40.0 Å². The van der Waals surface area contributed by atoms with E-state index in [-0.39, 0.29) is 5.92 Å². The molecule has 1 N–H and O–H groups in total. The molecule has 0 aliphatic carbocycles. The van der Waals surface area contributed by atoms with Crippen LogP contribution < -0.4 is 0 Å². The van der Waals surface area contributed by atoms with Crippen LogP contribution in [0.2, 0.25) is 0 Å². The molecule has 0 saturated heterocycles. The molecule has 0 spiro atoms. The summed E-state index contributed by atoms with van der Waals surface area (Å²) in [5, 5.41) is 9.08. The van der Waals surface area contributed by atoms with E-state index in [9.17, 15) is 0 Å². The highest BCUT2D eigenvalue weighted by Gasteiger charge is 2.14. The van der Waals surface area contributed by atoms with E-state index in [0.29, 0.717) is 0 Å². The van der Waals surface area contributed by atoms with Crippen LogP contribution >= 0.6 is 0 Å². The highest BCUT2D eigenvalue weighted by molar-refractivity contribution is 5.65. The Morgan fingerprint density at radius 1 is 1.21 bits per heavy atom. The average molecular weight is 253 g/mol. The lowest BCUT2D eigenvalue weighted by Crippen LogP contribution is -1.96. The van der Waals surface area contributed by atoms with Gasteiger partial charge in [-0.05, 0) is 49.9 Å². The number of benzene rings is 1. The van der Waals surface area contributed by atoms with Crippen LogP contribution in [0.4, 0.5) is 0 Å². The van der Waals surface area contributed by atoms with Gasteiger partial charge < -0.3 is 4.98 Å². The number of rotatable bonds is 3. The van der Waals surface area contributed by atoms with Crippen molar-refractivity contribution in [2.24, 2.45) is 0 Å². The van der Waals surface area contributed by atoms with Crippen molar-refractivity contribution in [1.82, 2.24) is 9.97 Å². The van der Waals surface area contributed by atoms with E-state index < -0.39 is 0 Å². The van der Waals surface area contributed by atoms with Gasteiger partial charge in [0.15, 0.2) is 0 Å². The summed E-state index contributed by atoms with van der Waals surface area (Å²) in [6.07, 6.45) is 2.60. The van der Waals surface area contributed by atoms with Gasteiger partial charge in [-0.15, -0.1) is 0 Å². The Morgan fingerprint density at radius 3 is 2.53 bits per heavy atom. The molecule has 2 rings (SSSR count). The molecule has 0 amide bonds. The topological polar surface area (TPSA) is 52.5 Å². The van der Waals surface area contributed by atoms with E-state index in [1.165, 1.54) is 16.7 Å². The van der Waals surface area contributed by atoms with Crippen LogP contribution in [0.5, 0.6) is 0 Å². The molecule has 0 bridgehead atoms. The Hall–Kier alpha value is -2.08. The molecule has 98 valence electrons. The summed E-state index contributed by atoms with van der Waals surface area (Å²) in [7, 11) is 0. The van der Waals surface area contributed by atoms with Gasteiger partial charge in [-0.1, -0.05) is 13.0 Å². The maximum absolute atomic E-state index is 9.08. The van der Waals surface area contributed by atoms with Gasteiger partial charge in [0.05, 0.1) is 18.0 Å². The molecule has 1 heterocycles. The number of imidazole rings is 1. The van der Waals surface area contributed by atoms with Crippen molar-refractivity contribution in [3.05, 3.63) is 40.8 Å². The molecule has 1 unspecified atom stereocenters. The number of nitriles is 1. The molecular weight excluding hydrogens is 234 g/mol. The fourth-order valence-corrected chi connectivity index (χ4v) is 2.25. The number of aromatic nitrogens is 2. The third-order valence-electron chi connectivity index (χ3n) is 3.62. The quantitative estimate of drug-likeness (QED) is 0.898. The third-order valence-corrected chi connectivity index (χ3v) is 3.62. The summed E-state index contributed by atoms with van der Waals surface area (Å²) in [4.78, 5) is 7.64. The lowest BCUT2D eigenvalue weighted by Gasteiger charge is -2.08. The van der Waals surface area contributed by atoms with E-state index in [2.05, 4.69) is 48.9 Å². The molecule has 0 aliphatic rings. The SMILES string of the molecule is CCC(C#N)c1ncc(-c2cc(C)c(C)cc2C)[nH]1. The van der Waals surface area contributed by atoms with Crippen molar-refractivity contribution < 1.29 is 0 Å². The minimum atomic E-state index is -0.152. The molecule has 0 radical (unpaired) electrons. The second kappa shape index (κ2) is 5.27. The van der Waals surface area contributed by atoms with E-state index >= 15 is 0 Å². The van der Waals surface area contributed by atoms with Crippen molar-refractivity contribution in [1.29, 1.82) is 5.26 Å². The maximum atomic E-state index is 9.08. The first-order valence-electron chi connectivity index (χ1n) is 6.59. The van der Waals surface area contributed by atoms with Crippen LogP contribution in [0.25, 0.3) is 11.3 Å². The predicted molar refractivity (Wildman–Crippen MR) is 76.9 cm³/mol. The second-order valence-corrected chi connectivity index (χ2v) is 5.02. The first-order valence-corrected chi connectivity index (χ1v) is 6.59. The minimum Gasteiger partial charge on any atom is -0.341 e. The first-order chi connectivity index (χ1) is 9.06. The molecule has 1 aromatic heterocycles. The van der Waals surface area contributed by atoms with Gasteiger partial charge in [0.1, 0.15) is 11.7 Å². The first kappa shape index (κ1) is 13.4. The molecule has 0 fully saturated rings. The summed E-state index contributed by atoms with van der Waals surface area (Å²) >= 11 is 0. The van der Waals surface area contributed by atoms with Crippen molar-refractivity contribution in [3.63, 3.8) is 0 Å². The Balaban J connectivity index is 2.44. The summed E-state index contributed by atoms with van der Waals surface area (Å²) in [5.74, 6) is 0.609. The Bertz CT molecular complexity index is 632. The van der Waals surface area contributed by atoms with Crippen LogP contribution in [0, 0.1) is 32.1 Å². The summed E-state index contributed by atoms with van der Waals surface area (Å²) in [6.45, 7) is 8.33. The molecule has 3 nitrogen and oxygen atoms in total. The Labute approximate surface area is 114 Å². The number of nitrogens with one attached hydrogen (secondary N) is 1. The predicted octanol–water partition coefficient (Wildman–Crippen LogP) is 4.02. The standard InChI is InChI=1S/C16H19N3/c1-5-13(8-17)16-18-9-15(19-16)14-7-11(3)10(2)6-12(14)4/h6-7,9,13H,5H2,1-4H3,(H,18,19). The van der Waals surface area contributed by atoms with E-state index in [0.717, 1.165) is 23.5 Å². The van der Waals surface area contributed by atoms with Gasteiger partial charge in [-0.25, -0.2) is 4.98 Å². The second-order valence-electron chi connectivity index (χ2n) is 5.02. The monoisotopic (exact) mass is 253 g/mol. The lowest BCUT2D eigenvalue weighted by atomic mass is 9.99. The highest BCUT2D eigenvalue weighted by Crippen LogP contribution is 2.26. The highest BCUT2D eigenvalue weighted by atomic mass is 14.9. The summed E-state index contributed by atoms with van der Waals surface area (Å²) < 4.78 is 0. The fourth-order valence-electron chi connectivity index (χ4n) is 2.25. The number of nitrogens with zero attached hydrogens (tertiary/aromatic N) is 2. The number of aryl methyl sites for hydroxylation is 3. The van der Waals surface area contributed by atoms with Gasteiger partial charge >= 0.3 is 0 Å². The van der Waals surface area contributed by atoms with Crippen LogP contribution in [0.15, 0.2) is 18.3 Å². The molecule has 2 aromatic rings. The van der Waals surface area contributed by atoms with E-state index in [4.69, 9.17) is 5.26 Å². The van der Waals surface area contributed by atoms with Gasteiger partial charge in [0, 0.05) is 5.56 Å². The van der Waals surface area contributed by atoms with Gasteiger partial charge in [0.25, 0.3) is 0 Å². The normalized spacial score (nSPS) is 12.2. The lowest BCUT2D eigenvalue weighted by molar-refractivity contribution is 0.766. The smallest absolute Gasteiger partial charge is 0.123 e. The van der Waals surface area contributed by atoms with Crippen LogP contribution in [-0.2, 0) is 0 Å². The molecule has 1 atom stereocenters. The van der Waals surface area contributed by atoms with Crippen molar-refractivity contribution >= 4 is 0 Å². The number of hydrogen-bond donors (Lipinski definition) is 1. The van der Waals surface area contributed by atoms with Crippen molar-refractivity contribution in [3.8, 4) is 17.3 Å². The molecule has 0 aliphatic heterocycles. The van der Waals surface area contributed by atoms with Gasteiger partial charge in [0.2, 0.25) is 0 Å². The molecular formula is C16H19N3. The maximum Gasteiger partial charge on any atom is 0.123 e. The summed E-state index contributed by atoms with van der Waals surface area (Å²) in [5.41, 5.74) is 5.94. The molecule has 0 saturated carbocycles. The van der Waals surface area contributed by atoms with Crippen LogP contribution in [-0.4, -0.2) is 9.97 Å². The summed E-state index contributed by atoms with van der Waals surface area (Å²) in [6, 6.07) is 6.64. The third kappa shape index (κ3) is 2.53. The van der Waals surface area contributed by atoms with E-state index in [1.54, 1.807) is 0 Å². The Morgan fingerprint density at radius 2 is 1.89 bits per heavy atom. The van der Waals surface area contributed by atoms with Crippen LogP contribution in [0.3, 0.4) is 0 Å². The number of hydrogen-bond acceptors (Lipinski definition) is 2. The molecule has 1 aromatic carbocycles. The largest absolute Gasteiger partial charge is 0.341 e. The zero-order valence-corrected chi connectivity index (χ0v) is 11.9. The minimum absolute atomic E-state index is 0.152. The fraction of sp³-hybridized carbons (Fsp3) is 0.375.